The zero-order valence-electron chi connectivity index (χ0n) is 12.0. The lowest BCUT2D eigenvalue weighted by molar-refractivity contribution is -0.140. The van der Waals surface area contributed by atoms with Crippen molar-refractivity contribution in [3.63, 3.8) is 0 Å². The summed E-state index contributed by atoms with van der Waals surface area (Å²) >= 11 is 0. The maximum atomic E-state index is 13.1. The number of aromatic nitrogens is 2. The maximum absolute atomic E-state index is 13.1. The fourth-order valence-electron chi connectivity index (χ4n) is 5.02. The Bertz CT molecular complexity index is 641. The van der Waals surface area contributed by atoms with Gasteiger partial charge in [0.15, 0.2) is 0 Å². The molecule has 4 nitrogen and oxygen atoms in total. The first-order valence-electron chi connectivity index (χ1n) is 8.10. The zero-order chi connectivity index (χ0) is 14.0. The lowest BCUT2D eigenvalue weighted by Gasteiger charge is -2.38. The number of rotatable bonds is 1. The van der Waals surface area contributed by atoms with E-state index in [2.05, 4.69) is 27.0 Å². The monoisotopic (exact) mass is 281 g/mol. The van der Waals surface area contributed by atoms with Gasteiger partial charge in [0.2, 0.25) is 5.91 Å². The minimum Gasteiger partial charge on any atom is -0.332 e. The molecule has 1 saturated carbocycles. The smallest absolute Gasteiger partial charge is 0.227 e. The van der Waals surface area contributed by atoms with Crippen molar-refractivity contribution < 1.29 is 4.79 Å². The standard InChI is InChI=1S/C17H19N3O/c21-17(13-6-10-1-2-11(13)5-10)20-12-3-4-16(20)14-8-18-9-19-15(14)7-12/h1-2,8-13,16H,3-7H2. The van der Waals surface area contributed by atoms with Crippen molar-refractivity contribution >= 4 is 5.91 Å². The van der Waals surface area contributed by atoms with E-state index in [1.807, 2.05) is 6.20 Å². The Morgan fingerprint density at radius 1 is 1.24 bits per heavy atom. The van der Waals surface area contributed by atoms with Gasteiger partial charge < -0.3 is 4.90 Å². The van der Waals surface area contributed by atoms with Crippen LogP contribution in [-0.4, -0.2) is 26.8 Å². The summed E-state index contributed by atoms with van der Waals surface area (Å²) < 4.78 is 0. The second kappa shape index (κ2) is 4.15. The predicted octanol–water partition coefficient (Wildman–Crippen LogP) is 2.28. The van der Waals surface area contributed by atoms with Crippen LogP contribution in [0.4, 0.5) is 0 Å². The number of nitrogens with zero attached hydrogens (tertiary/aromatic N) is 3. The van der Waals surface area contributed by atoms with E-state index in [4.69, 9.17) is 0 Å². The summed E-state index contributed by atoms with van der Waals surface area (Å²) in [7, 11) is 0. The van der Waals surface area contributed by atoms with Crippen LogP contribution < -0.4 is 0 Å². The van der Waals surface area contributed by atoms with Gasteiger partial charge in [-0.25, -0.2) is 9.97 Å². The topological polar surface area (TPSA) is 46.1 Å². The fourth-order valence-corrected chi connectivity index (χ4v) is 5.02. The molecule has 1 aromatic rings. The molecule has 1 amide bonds. The van der Waals surface area contributed by atoms with Crippen LogP contribution in [0.3, 0.4) is 0 Å². The molecule has 0 spiro atoms. The van der Waals surface area contributed by atoms with Gasteiger partial charge in [0.1, 0.15) is 6.33 Å². The highest BCUT2D eigenvalue weighted by Crippen LogP contribution is 2.48. The van der Waals surface area contributed by atoms with Crippen molar-refractivity contribution in [3.8, 4) is 0 Å². The second-order valence-corrected chi connectivity index (χ2v) is 7.01. The molecule has 0 aromatic carbocycles. The first kappa shape index (κ1) is 11.9. The maximum Gasteiger partial charge on any atom is 0.227 e. The predicted molar refractivity (Wildman–Crippen MR) is 77.2 cm³/mol. The Balaban J connectivity index is 1.48. The average molecular weight is 281 g/mol. The number of carbonyl (C=O) groups is 1. The van der Waals surface area contributed by atoms with Gasteiger partial charge in [-0.3, -0.25) is 4.79 Å². The summed E-state index contributed by atoms with van der Waals surface area (Å²) in [6, 6.07) is 0.601. The van der Waals surface area contributed by atoms with Gasteiger partial charge in [-0.15, -0.1) is 0 Å². The van der Waals surface area contributed by atoms with Gasteiger partial charge in [-0.1, -0.05) is 12.2 Å². The van der Waals surface area contributed by atoms with Crippen LogP contribution in [0.2, 0.25) is 0 Å². The molecule has 2 aliphatic heterocycles. The molecule has 5 unspecified atom stereocenters. The average Bonchev–Trinajstić information content (AvgIpc) is 3.20. The van der Waals surface area contributed by atoms with Crippen molar-refractivity contribution in [2.45, 2.75) is 44.2 Å². The Morgan fingerprint density at radius 3 is 3.00 bits per heavy atom. The molecule has 2 aliphatic carbocycles. The summed E-state index contributed by atoms with van der Waals surface area (Å²) in [5.74, 6) is 1.78. The number of fused-ring (bicyclic) bond motifs is 6. The quantitative estimate of drug-likeness (QED) is 0.742. The van der Waals surface area contributed by atoms with Crippen molar-refractivity contribution in [1.82, 2.24) is 14.9 Å². The number of hydrogen-bond donors (Lipinski definition) is 0. The molecule has 1 aromatic heterocycles. The number of amides is 1. The zero-order valence-corrected chi connectivity index (χ0v) is 12.0. The van der Waals surface area contributed by atoms with Gasteiger partial charge in [0.25, 0.3) is 0 Å². The van der Waals surface area contributed by atoms with Gasteiger partial charge in [-0.05, 0) is 37.5 Å². The highest BCUT2D eigenvalue weighted by Gasteiger charge is 2.48. The lowest BCUT2D eigenvalue weighted by atomic mass is 9.89. The molecule has 4 heteroatoms. The number of allylic oxidation sites excluding steroid dienone is 2. The highest BCUT2D eigenvalue weighted by molar-refractivity contribution is 5.81. The molecule has 108 valence electrons. The molecule has 5 atom stereocenters. The van der Waals surface area contributed by atoms with E-state index in [0.29, 0.717) is 23.8 Å². The normalized spacial score (nSPS) is 38.9. The van der Waals surface area contributed by atoms with Crippen LogP contribution >= 0.6 is 0 Å². The van der Waals surface area contributed by atoms with Crippen LogP contribution in [0.25, 0.3) is 0 Å². The second-order valence-electron chi connectivity index (χ2n) is 7.01. The molecule has 3 heterocycles. The Morgan fingerprint density at radius 2 is 2.19 bits per heavy atom. The molecule has 1 saturated heterocycles. The highest BCUT2D eigenvalue weighted by atomic mass is 16.2. The molecular weight excluding hydrogens is 262 g/mol. The Kier molecular flexibility index (Phi) is 2.35. The van der Waals surface area contributed by atoms with Crippen molar-refractivity contribution in [3.05, 3.63) is 35.9 Å². The van der Waals surface area contributed by atoms with Gasteiger partial charge in [-0.2, -0.15) is 0 Å². The SMILES string of the molecule is O=C(C1CC2C=CC1C2)N1C2CCC1c1cncnc1C2. The van der Waals surface area contributed by atoms with E-state index in [0.717, 1.165) is 31.4 Å². The summed E-state index contributed by atoms with van der Waals surface area (Å²) in [6.45, 7) is 0. The van der Waals surface area contributed by atoms with E-state index in [-0.39, 0.29) is 12.0 Å². The minimum atomic E-state index is 0.231. The van der Waals surface area contributed by atoms with E-state index in [1.54, 1.807) is 6.33 Å². The van der Waals surface area contributed by atoms with Crippen LogP contribution in [0.15, 0.2) is 24.7 Å². The summed E-state index contributed by atoms with van der Waals surface area (Å²) in [4.78, 5) is 23.9. The first-order valence-corrected chi connectivity index (χ1v) is 8.10. The molecule has 4 aliphatic rings. The molecular formula is C17H19N3O. The van der Waals surface area contributed by atoms with Crippen molar-refractivity contribution in [1.29, 1.82) is 0 Å². The minimum absolute atomic E-state index is 0.231. The van der Waals surface area contributed by atoms with Gasteiger partial charge in [0, 0.05) is 30.1 Å². The van der Waals surface area contributed by atoms with Crippen molar-refractivity contribution in [2.24, 2.45) is 17.8 Å². The third kappa shape index (κ3) is 1.59. The Hall–Kier alpha value is -1.71. The summed E-state index contributed by atoms with van der Waals surface area (Å²) in [5, 5.41) is 0. The third-order valence-electron chi connectivity index (χ3n) is 5.97. The molecule has 0 radical (unpaired) electrons. The molecule has 5 rings (SSSR count). The number of carbonyl (C=O) groups excluding carboxylic acids is 1. The molecule has 21 heavy (non-hydrogen) atoms. The van der Waals surface area contributed by atoms with Crippen LogP contribution in [-0.2, 0) is 11.2 Å². The fraction of sp³-hybridized carbons (Fsp3) is 0.588. The largest absolute Gasteiger partial charge is 0.332 e. The van der Waals surface area contributed by atoms with E-state index < -0.39 is 0 Å². The molecule has 4 bridgehead atoms. The van der Waals surface area contributed by atoms with Crippen LogP contribution in [0.5, 0.6) is 0 Å². The van der Waals surface area contributed by atoms with Gasteiger partial charge in [0.05, 0.1) is 11.7 Å². The first-order chi connectivity index (χ1) is 10.3. The number of hydrogen-bond acceptors (Lipinski definition) is 3. The Labute approximate surface area is 124 Å². The molecule has 2 fully saturated rings. The van der Waals surface area contributed by atoms with Gasteiger partial charge >= 0.3 is 0 Å². The van der Waals surface area contributed by atoms with E-state index in [1.165, 1.54) is 12.0 Å². The molecule has 0 N–H and O–H groups in total. The van der Waals surface area contributed by atoms with Crippen LogP contribution in [0, 0.1) is 17.8 Å². The van der Waals surface area contributed by atoms with E-state index >= 15 is 0 Å². The summed E-state index contributed by atoms with van der Waals surface area (Å²) in [6.07, 6.45) is 13.5. The van der Waals surface area contributed by atoms with E-state index in [9.17, 15) is 4.79 Å². The summed E-state index contributed by atoms with van der Waals surface area (Å²) in [5.41, 5.74) is 2.35. The third-order valence-corrected chi connectivity index (χ3v) is 5.97. The van der Waals surface area contributed by atoms with Crippen LogP contribution in [0.1, 0.15) is 43.0 Å². The van der Waals surface area contributed by atoms with Crippen molar-refractivity contribution in [2.75, 3.05) is 0 Å². The lowest BCUT2D eigenvalue weighted by Crippen LogP contribution is -2.45.